The minimum absolute atomic E-state index is 0.0253. The molecular weight excluding hydrogens is 366 g/mol. The summed E-state index contributed by atoms with van der Waals surface area (Å²) < 4.78 is 4.78. The van der Waals surface area contributed by atoms with Crippen LogP contribution >= 0.6 is 0 Å². The van der Waals surface area contributed by atoms with Crippen LogP contribution in [0.4, 0.5) is 11.4 Å². The van der Waals surface area contributed by atoms with E-state index < -0.39 is 0 Å². The van der Waals surface area contributed by atoms with Crippen LogP contribution in [0.2, 0.25) is 0 Å². The normalized spacial score (nSPS) is 20.2. The van der Waals surface area contributed by atoms with Crippen molar-refractivity contribution in [3.63, 3.8) is 0 Å². The van der Waals surface area contributed by atoms with E-state index in [-0.39, 0.29) is 24.2 Å². The van der Waals surface area contributed by atoms with Gasteiger partial charge in [-0.05, 0) is 29.8 Å². The molecule has 2 fully saturated rings. The molecule has 0 N–H and O–H groups in total. The average molecular weight is 393 g/mol. The molecule has 29 heavy (non-hydrogen) atoms. The Morgan fingerprint density at radius 2 is 1.62 bits per heavy atom. The van der Waals surface area contributed by atoms with Gasteiger partial charge in [0, 0.05) is 57.1 Å². The van der Waals surface area contributed by atoms with Crippen LogP contribution in [0.5, 0.6) is 0 Å². The number of ether oxygens (including phenoxy) is 1. The van der Waals surface area contributed by atoms with E-state index in [0.29, 0.717) is 6.54 Å². The highest BCUT2D eigenvalue weighted by atomic mass is 16.5. The number of methoxy groups -OCH3 is 1. The van der Waals surface area contributed by atoms with Crippen molar-refractivity contribution in [2.75, 3.05) is 49.6 Å². The van der Waals surface area contributed by atoms with Crippen molar-refractivity contribution in [1.82, 2.24) is 4.90 Å². The fourth-order valence-electron chi connectivity index (χ4n) is 4.13. The number of benzene rings is 2. The first-order chi connectivity index (χ1) is 14.1. The van der Waals surface area contributed by atoms with Gasteiger partial charge in [0.05, 0.1) is 13.0 Å². The van der Waals surface area contributed by atoms with E-state index >= 15 is 0 Å². The van der Waals surface area contributed by atoms with Crippen molar-refractivity contribution in [3.05, 3.63) is 60.2 Å². The van der Waals surface area contributed by atoms with E-state index in [1.807, 2.05) is 12.1 Å². The summed E-state index contributed by atoms with van der Waals surface area (Å²) in [6, 6.07) is 18.7. The molecule has 2 saturated heterocycles. The van der Waals surface area contributed by atoms with Crippen molar-refractivity contribution in [3.8, 4) is 0 Å². The molecule has 4 rings (SSSR count). The van der Waals surface area contributed by atoms with Gasteiger partial charge in [0.1, 0.15) is 0 Å². The first kappa shape index (κ1) is 19.5. The number of rotatable bonds is 5. The predicted molar refractivity (Wildman–Crippen MR) is 113 cm³/mol. The van der Waals surface area contributed by atoms with Crippen LogP contribution in [-0.2, 0) is 20.9 Å². The molecule has 1 atom stereocenters. The molecule has 6 nitrogen and oxygen atoms in total. The summed E-state index contributed by atoms with van der Waals surface area (Å²) in [5.41, 5.74) is 3.36. The van der Waals surface area contributed by atoms with Gasteiger partial charge in [0.2, 0.25) is 5.91 Å². The van der Waals surface area contributed by atoms with E-state index in [0.717, 1.165) is 38.4 Å². The van der Waals surface area contributed by atoms with Crippen molar-refractivity contribution in [2.45, 2.75) is 13.0 Å². The number of nitrogens with zero attached hydrogens (tertiary/aromatic N) is 3. The maximum absolute atomic E-state index is 12.3. The Morgan fingerprint density at radius 3 is 2.28 bits per heavy atom. The SMILES string of the molecule is COC(=O)C1CC(=O)N(c2ccc(N3CCN(Cc4ccccc4)CC3)cc2)C1. The van der Waals surface area contributed by atoms with Crippen LogP contribution < -0.4 is 9.80 Å². The number of esters is 1. The van der Waals surface area contributed by atoms with Crippen LogP contribution in [0, 0.1) is 5.92 Å². The Morgan fingerprint density at radius 1 is 0.966 bits per heavy atom. The van der Waals surface area contributed by atoms with Gasteiger partial charge in [-0.1, -0.05) is 30.3 Å². The van der Waals surface area contributed by atoms with E-state index in [1.54, 1.807) is 4.90 Å². The van der Waals surface area contributed by atoms with Crippen molar-refractivity contribution < 1.29 is 14.3 Å². The second kappa shape index (κ2) is 8.66. The zero-order valence-electron chi connectivity index (χ0n) is 16.8. The number of carbonyl (C=O) groups is 2. The molecule has 2 aliphatic rings. The summed E-state index contributed by atoms with van der Waals surface area (Å²) in [5.74, 6) is -0.710. The summed E-state index contributed by atoms with van der Waals surface area (Å²) in [6.45, 7) is 5.41. The quantitative estimate of drug-likeness (QED) is 0.731. The Bertz CT molecular complexity index is 845. The van der Waals surface area contributed by atoms with Crippen LogP contribution in [0.1, 0.15) is 12.0 Å². The number of hydrogen-bond donors (Lipinski definition) is 0. The summed E-state index contributed by atoms with van der Waals surface area (Å²) in [4.78, 5) is 30.6. The summed E-state index contributed by atoms with van der Waals surface area (Å²) in [7, 11) is 1.36. The van der Waals surface area contributed by atoms with E-state index in [2.05, 4.69) is 52.3 Å². The molecule has 6 heteroatoms. The minimum atomic E-state index is -0.370. The smallest absolute Gasteiger partial charge is 0.311 e. The van der Waals surface area contributed by atoms with Crippen molar-refractivity contribution in [2.24, 2.45) is 5.92 Å². The van der Waals surface area contributed by atoms with Crippen LogP contribution in [-0.4, -0.2) is 56.6 Å². The first-order valence-corrected chi connectivity index (χ1v) is 10.1. The molecule has 152 valence electrons. The highest BCUT2D eigenvalue weighted by molar-refractivity contribution is 5.99. The zero-order valence-corrected chi connectivity index (χ0v) is 16.8. The van der Waals surface area contributed by atoms with Gasteiger partial charge in [-0.2, -0.15) is 0 Å². The van der Waals surface area contributed by atoms with Crippen LogP contribution in [0.15, 0.2) is 54.6 Å². The molecule has 0 aliphatic carbocycles. The lowest BCUT2D eigenvalue weighted by Crippen LogP contribution is -2.45. The minimum Gasteiger partial charge on any atom is -0.469 e. The summed E-state index contributed by atoms with van der Waals surface area (Å²) in [6.07, 6.45) is 0.220. The standard InChI is InChI=1S/C23H27N3O3/c1-29-23(28)19-15-22(27)26(17-19)21-9-7-20(8-10-21)25-13-11-24(12-14-25)16-18-5-3-2-4-6-18/h2-10,19H,11-17H2,1H3. The lowest BCUT2D eigenvalue weighted by Gasteiger charge is -2.36. The Hall–Kier alpha value is -2.86. The summed E-state index contributed by atoms with van der Waals surface area (Å²) >= 11 is 0. The van der Waals surface area contributed by atoms with Crippen LogP contribution in [0.3, 0.4) is 0 Å². The topological polar surface area (TPSA) is 53.1 Å². The predicted octanol–water partition coefficient (Wildman–Crippen LogP) is 2.53. The van der Waals surface area contributed by atoms with E-state index in [9.17, 15) is 9.59 Å². The number of anilines is 2. The van der Waals surface area contributed by atoms with Crippen molar-refractivity contribution in [1.29, 1.82) is 0 Å². The van der Waals surface area contributed by atoms with Gasteiger partial charge in [-0.3, -0.25) is 14.5 Å². The molecule has 2 aromatic carbocycles. The third kappa shape index (κ3) is 4.43. The Labute approximate surface area is 171 Å². The molecule has 1 amide bonds. The molecular formula is C23H27N3O3. The Balaban J connectivity index is 1.33. The Kier molecular flexibility index (Phi) is 5.81. The van der Waals surface area contributed by atoms with Crippen LogP contribution in [0.25, 0.3) is 0 Å². The number of amides is 1. The van der Waals surface area contributed by atoms with Gasteiger partial charge >= 0.3 is 5.97 Å². The molecule has 2 heterocycles. The monoisotopic (exact) mass is 393 g/mol. The molecule has 0 aromatic heterocycles. The fraction of sp³-hybridized carbons (Fsp3) is 0.391. The highest BCUT2D eigenvalue weighted by Crippen LogP contribution is 2.28. The first-order valence-electron chi connectivity index (χ1n) is 10.1. The third-order valence-electron chi connectivity index (χ3n) is 5.81. The summed E-state index contributed by atoms with van der Waals surface area (Å²) in [5, 5.41) is 0. The fourth-order valence-corrected chi connectivity index (χ4v) is 4.13. The van der Waals surface area contributed by atoms with E-state index in [1.165, 1.54) is 18.4 Å². The molecule has 0 radical (unpaired) electrons. The maximum Gasteiger partial charge on any atom is 0.311 e. The van der Waals surface area contributed by atoms with Gasteiger partial charge in [-0.15, -0.1) is 0 Å². The molecule has 0 bridgehead atoms. The lowest BCUT2D eigenvalue weighted by atomic mass is 10.1. The molecule has 2 aromatic rings. The van der Waals surface area contributed by atoms with E-state index in [4.69, 9.17) is 4.74 Å². The molecule has 2 aliphatic heterocycles. The largest absolute Gasteiger partial charge is 0.469 e. The second-order valence-corrected chi connectivity index (χ2v) is 7.69. The average Bonchev–Trinajstić information content (AvgIpc) is 3.16. The lowest BCUT2D eigenvalue weighted by molar-refractivity contribution is -0.145. The maximum atomic E-state index is 12.3. The highest BCUT2D eigenvalue weighted by Gasteiger charge is 2.35. The van der Waals surface area contributed by atoms with Gasteiger partial charge in [0.25, 0.3) is 0 Å². The van der Waals surface area contributed by atoms with Crippen molar-refractivity contribution >= 4 is 23.3 Å². The molecule has 0 spiro atoms. The van der Waals surface area contributed by atoms with Gasteiger partial charge in [0.15, 0.2) is 0 Å². The second-order valence-electron chi connectivity index (χ2n) is 7.69. The van der Waals surface area contributed by atoms with Gasteiger partial charge < -0.3 is 14.5 Å². The number of piperazine rings is 1. The molecule has 0 saturated carbocycles. The third-order valence-corrected chi connectivity index (χ3v) is 5.81. The zero-order chi connectivity index (χ0) is 20.2. The number of carbonyl (C=O) groups excluding carboxylic acids is 2. The van der Waals surface area contributed by atoms with Gasteiger partial charge in [-0.25, -0.2) is 0 Å². The molecule has 1 unspecified atom stereocenters. The number of hydrogen-bond acceptors (Lipinski definition) is 5.